The molecule has 5 aromatic rings. The van der Waals surface area contributed by atoms with Gasteiger partial charge in [-0.05, 0) is 73.4 Å². The van der Waals surface area contributed by atoms with Gasteiger partial charge in [0.05, 0.1) is 22.2 Å². The predicted octanol–water partition coefficient (Wildman–Crippen LogP) is 5.05. The number of hydrogen-bond acceptors (Lipinski definition) is 5. The van der Waals surface area contributed by atoms with Gasteiger partial charge >= 0.3 is 0 Å². The van der Waals surface area contributed by atoms with Crippen LogP contribution in [-0.4, -0.2) is 16.0 Å². The van der Waals surface area contributed by atoms with Crippen LogP contribution in [0.15, 0.2) is 65.5 Å². The van der Waals surface area contributed by atoms with Crippen molar-refractivity contribution in [2.75, 3.05) is 6.61 Å². The average Bonchev–Trinajstić information content (AvgIpc) is 3.30. The highest BCUT2D eigenvalue weighted by atomic mass is 32.1. The molecule has 0 aliphatic heterocycles. The molecule has 33 heavy (non-hydrogen) atoms. The van der Waals surface area contributed by atoms with Gasteiger partial charge in [-0.3, -0.25) is 4.79 Å². The number of benzene rings is 3. The van der Waals surface area contributed by atoms with Crippen molar-refractivity contribution in [1.29, 1.82) is 0 Å². The lowest BCUT2D eigenvalue weighted by atomic mass is 10.1. The second kappa shape index (κ2) is 8.71. The normalized spacial score (nSPS) is 12.0. The fraction of sp³-hybridized carbons (Fsp3) is 0.185. The first-order chi connectivity index (χ1) is 16.0. The summed E-state index contributed by atoms with van der Waals surface area (Å²) in [6.45, 7) is 7.03. The van der Waals surface area contributed by atoms with Crippen LogP contribution in [0.1, 0.15) is 29.2 Å². The highest BCUT2D eigenvalue weighted by molar-refractivity contribution is 7.15. The van der Waals surface area contributed by atoms with Gasteiger partial charge in [-0.2, -0.15) is 0 Å². The Balaban J connectivity index is 1.51. The van der Waals surface area contributed by atoms with Crippen LogP contribution in [0.3, 0.4) is 0 Å². The van der Waals surface area contributed by atoms with Crippen LogP contribution in [0.25, 0.3) is 22.1 Å². The number of nitrogens with zero attached hydrogens (tertiary/aromatic N) is 2. The van der Waals surface area contributed by atoms with Crippen LogP contribution in [0.5, 0.6) is 11.5 Å². The molecule has 0 saturated heterocycles. The zero-order valence-electron chi connectivity index (χ0n) is 18.8. The Bertz CT molecular complexity index is 1570. The summed E-state index contributed by atoms with van der Waals surface area (Å²) in [6, 6.07) is 19.8. The SMILES string of the molecule is CCOc1cc(/C=c2\sc3nc4cc(C)c(C)cc4n3c2=O)ccc1OCc1ccccc1. The number of ether oxygens (including phenoxy) is 2. The molecular weight excluding hydrogens is 432 g/mol. The summed E-state index contributed by atoms with van der Waals surface area (Å²) >= 11 is 1.40. The molecule has 0 unspecified atom stereocenters. The summed E-state index contributed by atoms with van der Waals surface area (Å²) in [4.78, 5) is 18.6. The third-order valence-electron chi connectivity index (χ3n) is 5.66. The third-order valence-corrected chi connectivity index (χ3v) is 6.63. The summed E-state index contributed by atoms with van der Waals surface area (Å²) in [6.07, 6.45) is 1.89. The molecule has 0 fully saturated rings. The van der Waals surface area contributed by atoms with E-state index in [1.165, 1.54) is 16.9 Å². The molecule has 0 spiro atoms. The zero-order chi connectivity index (χ0) is 22.9. The van der Waals surface area contributed by atoms with Gasteiger partial charge in [-0.15, -0.1) is 0 Å². The molecule has 0 amide bonds. The van der Waals surface area contributed by atoms with E-state index in [-0.39, 0.29) is 5.56 Å². The fourth-order valence-corrected chi connectivity index (χ4v) is 4.79. The lowest BCUT2D eigenvalue weighted by Gasteiger charge is -2.12. The van der Waals surface area contributed by atoms with E-state index in [9.17, 15) is 4.79 Å². The van der Waals surface area contributed by atoms with E-state index in [1.54, 1.807) is 4.40 Å². The topological polar surface area (TPSA) is 52.8 Å². The van der Waals surface area contributed by atoms with Crippen molar-refractivity contribution < 1.29 is 9.47 Å². The molecule has 5 nitrogen and oxygen atoms in total. The molecule has 6 heteroatoms. The Morgan fingerprint density at radius 2 is 1.76 bits per heavy atom. The second-order valence-electron chi connectivity index (χ2n) is 7.98. The molecule has 0 atom stereocenters. The van der Waals surface area contributed by atoms with Crippen molar-refractivity contribution in [2.45, 2.75) is 27.4 Å². The highest BCUT2D eigenvalue weighted by Gasteiger charge is 2.13. The highest BCUT2D eigenvalue weighted by Crippen LogP contribution is 2.30. The Labute approximate surface area is 195 Å². The Kier molecular flexibility index (Phi) is 5.60. The summed E-state index contributed by atoms with van der Waals surface area (Å²) < 4.78 is 14.2. The third kappa shape index (κ3) is 4.10. The maximum Gasteiger partial charge on any atom is 0.274 e. The second-order valence-corrected chi connectivity index (χ2v) is 8.99. The molecule has 0 N–H and O–H groups in total. The molecule has 2 heterocycles. The smallest absolute Gasteiger partial charge is 0.274 e. The fourth-order valence-electron chi connectivity index (χ4n) is 3.81. The molecule has 0 aliphatic rings. The average molecular weight is 457 g/mol. The van der Waals surface area contributed by atoms with Crippen molar-refractivity contribution in [2.24, 2.45) is 0 Å². The van der Waals surface area contributed by atoms with Crippen molar-refractivity contribution in [1.82, 2.24) is 9.38 Å². The Hall–Kier alpha value is -3.64. The van der Waals surface area contributed by atoms with Gasteiger partial charge < -0.3 is 9.47 Å². The van der Waals surface area contributed by atoms with Crippen molar-refractivity contribution in [3.05, 3.63) is 97.8 Å². The molecule has 3 aromatic carbocycles. The van der Waals surface area contributed by atoms with Gasteiger partial charge in [0.25, 0.3) is 5.56 Å². The number of aryl methyl sites for hydroxylation is 2. The van der Waals surface area contributed by atoms with Gasteiger partial charge in [0.2, 0.25) is 0 Å². The largest absolute Gasteiger partial charge is 0.490 e. The summed E-state index contributed by atoms with van der Waals surface area (Å²) in [7, 11) is 0. The minimum atomic E-state index is -0.0527. The van der Waals surface area contributed by atoms with E-state index in [1.807, 2.05) is 73.7 Å². The van der Waals surface area contributed by atoms with E-state index < -0.39 is 0 Å². The van der Waals surface area contributed by atoms with Crippen LogP contribution in [0, 0.1) is 13.8 Å². The molecule has 0 saturated carbocycles. The van der Waals surface area contributed by atoms with E-state index in [2.05, 4.69) is 18.8 Å². The number of thiazole rings is 1. The molecule has 5 rings (SSSR count). The van der Waals surface area contributed by atoms with Crippen LogP contribution in [0.2, 0.25) is 0 Å². The molecule has 2 aromatic heterocycles. The van der Waals surface area contributed by atoms with E-state index >= 15 is 0 Å². The molecular formula is C27H24N2O3S. The number of imidazole rings is 1. The van der Waals surface area contributed by atoms with Gasteiger partial charge in [0.15, 0.2) is 16.5 Å². The van der Waals surface area contributed by atoms with E-state index in [4.69, 9.17) is 9.47 Å². The lowest BCUT2D eigenvalue weighted by molar-refractivity contribution is 0.269. The van der Waals surface area contributed by atoms with Gasteiger partial charge in [-0.25, -0.2) is 9.38 Å². The van der Waals surface area contributed by atoms with Crippen LogP contribution < -0.4 is 19.6 Å². The Morgan fingerprint density at radius 3 is 2.55 bits per heavy atom. The monoisotopic (exact) mass is 456 g/mol. The maximum atomic E-state index is 13.2. The van der Waals surface area contributed by atoms with Crippen molar-refractivity contribution in [3.63, 3.8) is 0 Å². The molecule has 0 bridgehead atoms. The minimum absolute atomic E-state index is 0.0527. The number of rotatable bonds is 6. The lowest BCUT2D eigenvalue weighted by Crippen LogP contribution is -2.22. The van der Waals surface area contributed by atoms with Crippen LogP contribution in [0.4, 0.5) is 0 Å². The standard InChI is InChI=1S/C27H24N2O3S/c1-4-31-24-14-20(10-11-23(24)32-16-19-8-6-5-7-9-19)15-25-26(30)29-22-13-18(3)17(2)12-21(22)28-27(29)33-25/h5-15H,4,16H2,1-3H3/b25-15-. The summed E-state index contributed by atoms with van der Waals surface area (Å²) in [5.74, 6) is 1.34. The minimum Gasteiger partial charge on any atom is -0.490 e. The molecule has 166 valence electrons. The predicted molar refractivity (Wildman–Crippen MR) is 133 cm³/mol. The van der Waals surface area contributed by atoms with Crippen LogP contribution >= 0.6 is 11.3 Å². The maximum absolute atomic E-state index is 13.2. The number of hydrogen-bond donors (Lipinski definition) is 0. The number of fused-ring (bicyclic) bond motifs is 3. The first-order valence-electron chi connectivity index (χ1n) is 10.9. The van der Waals surface area contributed by atoms with Crippen LogP contribution in [-0.2, 0) is 6.61 Å². The zero-order valence-corrected chi connectivity index (χ0v) is 19.6. The first kappa shape index (κ1) is 21.2. The van der Waals surface area contributed by atoms with Gasteiger partial charge in [0, 0.05) is 0 Å². The Morgan fingerprint density at radius 1 is 0.970 bits per heavy atom. The van der Waals surface area contributed by atoms with Crippen molar-refractivity contribution in [3.8, 4) is 11.5 Å². The van der Waals surface area contributed by atoms with E-state index in [0.29, 0.717) is 34.2 Å². The summed E-state index contributed by atoms with van der Waals surface area (Å²) in [5.41, 5.74) is 5.94. The van der Waals surface area contributed by atoms with Gasteiger partial charge in [0.1, 0.15) is 6.61 Å². The first-order valence-corrected chi connectivity index (χ1v) is 11.7. The van der Waals surface area contributed by atoms with Crippen molar-refractivity contribution >= 4 is 33.4 Å². The molecule has 0 radical (unpaired) electrons. The molecule has 0 aliphatic carbocycles. The van der Waals surface area contributed by atoms with Gasteiger partial charge in [-0.1, -0.05) is 47.7 Å². The van der Waals surface area contributed by atoms with E-state index in [0.717, 1.165) is 27.7 Å². The number of aromatic nitrogens is 2. The summed E-state index contributed by atoms with van der Waals surface area (Å²) in [5, 5.41) is 0. The quantitative estimate of drug-likeness (QED) is 0.359.